The number of aliphatic hydroxyl groups is 1. The summed E-state index contributed by atoms with van der Waals surface area (Å²) in [5, 5.41) is 16.3. The Balaban J connectivity index is 2.15. The zero-order valence-corrected chi connectivity index (χ0v) is 6.21. The van der Waals surface area contributed by atoms with Crippen LogP contribution in [0.4, 0.5) is 0 Å². The summed E-state index contributed by atoms with van der Waals surface area (Å²) in [6, 6.07) is 0.403. The molecule has 1 heterocycles. The summed E-state index contributed by atoms with van der Waals surface area (Å²) in [6.07, 6.45) is 1.92. The fourth-order valence-corrected chi connectivity index (χ4v) is 1.20. The van der Waals surface area contributed by atoms with Gasteiger partial charge in [0, 0.05) is 25.7 Å². The summed E-state index contributed by atoms with van der Waals surface area (Å²) >= 11 is 0. The van der Waals surface area contributed by atoms with Crippen LogP contribution >= 0.6 is 0 Å². The smallest absolute Gasteiger partial charge is 0.0446 e. The number of rotatable bonds is 2. The average molecular weight is 143 g/mol. The highest BCUT2D eigenvalue weighted by Gasteiger charge is 2.10. The van der Waals surface area contributed by atoms with Crippen LogP contribution in [0.3, 0.4) is 0 Å². The largest absolute Gasteiger partial charge is 0.396 e. The first-order valence-corrected chi connectivity index (χ1v) is 3.91. The molecule has 1 aliphatic heterocycles. The van der Waals surface area contributed by atoms with Crippen LogP contribution in [0.1, 0.15) is 12.8 Å². The molecule has 10 heavy (non-hydrogen) atoms. The molecule has 0 spiro atoms. The van der Waals surface area contributed by atoms with Gasteiger partial charge in [0.05, 0.1) is 0 Å². The second-order valence-corrected chi connectivity index (χ2v) is 2.61. The predicted octanol–water partition coefficient (Wildman–Crippen LogP) is -0.665. The Hall–Kier alpha value is -0.120. The third-order valence-electron chi connectivity index (χ3n) is 1.79. The molecular weight excluding hydrogens is 128 g/mol. The fraction of sp³-hybridized carbons (Fsp3) is 1.00. The van der Waals surface area contributed by atoms with E-state index in [1.165, 1.54) is 0 Å². The monoisotopic (exact) mass is 143 g/mol. The molecule has 1 rings (SSSR count). The molecule has 59 valence electrons. The van der Waals surface area contributed by atoms with Crippen molar-refractivity contribution in [3.63, 3.8) is 0 Å². The zero-order chi connectivity index (χ0) is 7.23. The van der Waals surface area contributed by atoms with E-state index in [9.17, 15) is 0 Å². The van der Waals surface area contributed by atoms with Crippen molar-refractivity contribution in [1.82, 2.24) is 10.6 Å². The Bertz CT molecular complexity index is 79.7. The molecule has 3 heteroatoms. The van der Waals surface area contributed by atoms with Gasteiger partial charge in [-0.05, 0) is 19.4 Å². The van der Waals surface area contributed by atoms with Crippen molar-refractivity contribution in [2.24, 2.45) is 0 Å². The Labute approximate surface area is 61.8 Å². The lowest BCUT2D eigenvalue weighted by Crippen LogP contribution is -2.23. The van der Waals surface area contributed by atoms with Crippen LogP contribution in [-0.2, 0) is 0 Å². The van der Waals surface area contributed by atoms with Gasteiger partial charge < -0.3 is 10.4 Å². The standard InChI is InChI=1S/C7H15N2O/c10-6-2-7-1-3-8-4-5-9-7/h7-8,10H,1-6H2. The summed E-state index contributed by atoms with van der Waals surface area (Å²) in [5.41, 5.74) is 0. The fourth-order valence-electron chi connectivity index (χ4n) is 1.20. The van der Waals surface area contributed by atoms with Gasteiger partial charge in [-0.2, -0.15) is 0 Å². The van der Waals surface area contributed by atoms with E-state index in [1.54, 1.807) is 0 Å². The van der Waals surface area contributed by atoms with Gasteiger partial charge in [-0.1, -0.05) is 0 Å². The molecule has 0 aromatic carbocycles. The third kappa shape index (κ3) is 2.64. The van der Waals surface area contributed by atoms with Crippen molar-refractivity contribution in [3.8, 4) is 0 Å². The van der Waals surface area contributed by atoms with E-state index in [0.717, 1.165) is 32.5 Å². The minimum Gasteiger partial charge on any atom is -0.396 e. The minimum absolute atomic E-state index is 0.272. The Morgan fingerprint density at radius 3 is 3.20 bits per heavy atom. The number of aliphatic hydroxyl groups excluding tert-OH is 1. The summed E-state index contributed by atoms with van der Waals surface area (Å²) in [7, 11) is 0. The SMILES string of the molecule is OCCC1CCNCC[N]1. The highest BCUT2D eigenvalue weighted by atomic mass is 16.3. The first-order valence-electron chi connectivity index (χ1n) is 3.91. The van der Waals surface area contributed by atoms with E-state index in [4.69, 9.17) is 5.11 Å². The van der Waals surface area contributed by atoms with Crippen LogP contribution in [0.15, 0.2) is 0 Å². The number of hydrogen-bond acceptors (Lipinski definition) is 2. The highest BCUT2D eigenvalue weighted by Crippen LogP contribution is 1.99. The maximum atomic E-state index is 8.63. The summed E-state index contributed by atoms with van der Waals surface area (Å²) in [6.45, 7) is 3.23. The van der Waals surface area contributed by atoms with Gasteiger partial charge in [0.1, 0.15) is 0 Å². The van der Waals surface area contributed by atoms with E-state index in [-0.39, 0.29) is 6.61 Å². The van der Waals surface area contributed by atoms with Crippen LogP contribution in [-0.4, -0.2) is 37.4 Å². The van der Waals surface area contributed by atoms with E-state index in [0.29, 0.717) is 6.04 Å². The van der Waals surface area contributed by atoms with Crippen LogP contribution in [0.2, 0.25) is 0 Å². The van der Waals surface area contributed by atoms with Crippen molar-refractivity contribution >= 4 is 0 Å². The van der Waals surface area contributed by atoms with Gasteiger partial charge in [-0.15, -0.1) is 0 Å². The summed E-state index contributed by atoms with van der Waals surface area (Å²) in [4.78, 5) is 0. The van der Waals surface area contributed by atoms with E-state index < -0.39 is 0 Å². The Kier molecular flexibility index (Phi) is 3.72. The molecule has 2 N–H and O–H groups in total. The minimum atomic E-state index is 0.272. The van der Waals surface area contributed by atoms with Gasteiger partial charge in [-0.25, -0.2) is 5.32 Å². The lowest BCUT2D eigenvalue weighted by atomic mass is 10.1. The normalized spacial score (nSPS) is 27.9. The molecule has 1 fully saturated rings. The van der Waals surface area contributed by atoms with Crippen LogP contribution in [0.5, 0.6) is 0 Å². The van der Waals surface area contributed by atoms with E-state index in [2.05, 4.69) is 10.6 Å². The predicted molar refractivity (Wildman–Crippen MR) is 40.0 cm³/mol. The Morgan fingerprint density at radius 2 is 2.40 bits per heavy atom. The van der Waals surface area contributed by atoms with Crippen LogP contribution in [0, 0.1) is 0 Å². The van der Waals surface area contributed by atoms with Crippen molar-refractivity contribution in [2.45, 2.75) is 18.9 Å². The van der Waals surface area contributed by atoms with Crippen molar-refractivity contribution in [3.05, 3.63) is 0 Å². The zero-order valence-electron chi connectivity index (χ0n) is 6.21. The van der Waals surface area contributed by atoms with Crippen molar-refractivity contribution in [1.29, 1.82) is 0 Å². The molecule has 0 amide bonds. The molecule has 1 unspecified atom stereocenters. The van der Waals surface area contributed by atoms with Gasteiger partial charge in [0.2, 0.25) is 0 Å². The molecular formula is C7H15N2O. The maximum Gasteiger partial charge on any atom is 0.0446 e. The number of nitrogens with zero attached hydrogens (tertiary/aromatic N) is 1. The van der Waals surface area contributed by atoms with Crippen LogP contribution in [0.25, 0.3) is 0 Å². The van der Waals surface area contributed by atoms with Crippen LogP contribution < -0.4 is 10.6 Å². The van der Waals surface area contributed by atoms with Gasteiger partial charge in [0.25, 0.3) is 0 Å². The van der Waals surface area contributed by atoms with Gasteiger partial charge >= 0.3 is 0 Å². The molecule has 1 aliphatic rings. The molecule has 3 nitrogen and oxygen atoms in total. The Morgan fingerprint density at radius 1 is 1.50 bits per heavy atom. The number of nitrogens with one attached hydrogen (secondary N) is 1. The molecule has 0 bridgehead atoms. The van der Waals surface area contributed by atoms with Gasteiger partial charge in [0.15, 0.2) is 0 Å². The van der Waals surface area contributed by atoms with Crippen molar-refractivity contribution < 1.29 is 5.11 Å². The molecule has 0 aromatic heterocycles. The summed E-state index contributed by atoms with van der Waals surface area (Å²) in [5.74, 6) is 0. The van der Waals surface area contributed by atoms with E-state index >= 15 is 0 Å². The molecule has 1 saturated heterocycles. The lowest BCUT2D eigenvalue weighted by Gasteiger charge is -2.10. The van der Waals surface area contributed by atoms with E-state index in [1.807, 2.05) is 0 Å². The molecule has 0 saturated carbocycles. The first-order chi connectivity index (χ1) is 4.93. The second-order valence-electron chi connectivity index (χ2n) is 2.61. The number of hydrogen-bond donors (Lipinski definition) is 2. The molecule has 0 aliphatic carbocycles. The molecule has 1 atom stereocenters. The van der Waals surface area contributed by atoms with Crippen molar-refractivity contribution in [2.75, 3.05) is 26.2 Å². The molecule has 1 radical (unpaired) electrons. The van der Waals surface area contributed by atoms with Gasteiger partial charge in [-0.3, -0.25) is 0 Å². The molecule has 0 aromatic rings. The highest BCUT2D eigenvalue weighted by molar-refractivity contribution is 4.71. The summed E-state index contributed by atoms with van der Waals surface area (Å²) < 4.78 is 0. The lowest BCUT2D eigenvalue weighted by molar-refractivity contribution is 0.263. The maximum absolute atomic E-state index is 8.63. The average Bonchev–Trinajstić information content (AvgIpc) is 2.17. The second kappa shape index (κ2) is 4.66. The topological polar surface area (TPSA) is 46.4 Å². The third-order valence-corrected chi connectivity index (χ3v) is 1.79. The quantitative estimate of drug-likeness (QED) is 0.539. The first kappa shape index (κ1) is 7.98.